The molecule has 0 atom stereocenters. The number of hydrogen-bond acceptors (Lipinski definition) is 6. The predicted octanol–water partition coefficient (Wildman–Crippen LogP) is -3.36. The van der Waals surface area contributed by atoms with Gasteiger partial charge in [0.1, 0.15) is 0 Å². The van der Waals surface area contributed by atoms with Gasteiger partial charge in [-0.15, -0.1) is 0 Å². The molecule has 0 radical (unpaired) electrons. The fourth-order valence-electron chi connectivity index (χ4n) is 0. The van der Waals surface area contributed by atoms with Crippen LogP contribution in [0.2, 0.25) is 0 Å². The fraction of sp³-hybridized carbons (Fsp3) is 0. The van der Waals surface area contributed by atoms with Gasteiger partial charge in [0.2, 0.25) is 0 Å². The molecule has 0 rings (SSSR count). The Kier molecular flexibility index (Phi) is 39.2. The van der Waals surface area contributed by atoms with Crippen molar-refractivity contribution < 1.29 is 159 Å². The van der Waals surface area contributed by atoms with Crippen LogP contribution in [-0.2, 0) is 28.8 Å². The van der Waals surface area contributed by atoms with Gasteiger partial charge in [-0.2, -0.15) is 0 Å². The van der Waals surface area contributed by atoms with E-state index in [0.29, 0.717) is 0 Å². The van der Waals surface area contributed by atoms with E-state index in [4.69, 9.17) is 59.4 Å². The molecular weight excluding hydrogens is 626 g/mol. The molecule has 138 valence electrons. The molecule has 0 aliphatic rings. The van der Waals surface area contributed by atoms with Crippen LogP contribution >= 0.6 is 0 Å². The SMILES string of the molecule is O.O=C(O)C(=O)O.O=C(O)C(=O)O.O=C(O)C(=O)O.[Yb].[Yb]. The van der Waals surface area contributed by atoms with E-state index in [2.05, 4.69) is 0 Å². The molecule has 13 nitrogen and oxygen atoms in total. The van der Waals surface area contributed by atoms with E-state index in [0.717, 1.165) is 0 Å². The third-order valence-electron chi connectivity index (χ3n) is 0.549. The standard InChI is InChI=1S/3C2H2O4.H2O.2Yb/c3*3-1(4)2(5)6;;;/h3*(H,3,4)(H,5,6);1H2;;. The molecule has 0 aliphatic carbocycles. The molecule has 0 saturated heterocycles. The van der Waals surface area contributed by atoms with Crippen molar-refractivity contribution in [2.24, 2.45) is 0 Å². The Bertz CT molecular complexity index is 282. The zero-order valence-corrected chi connectivity index (χ0v) is 12.6. The average molecular weight is 634 g/mol. The first kappa shape index (κ1) is 37.2. The molecule has 0 fully saturated rings. The number of hydrogen-bond donors (Lipinski definition) is 6. The summed E-state index contributed by atoms with van der Waals surface area (Å²) in [6.45, 7) is 0. The van der Waals surface area contributed by atoms with Gasteiger partial charge < -0.3 is 36.1 Å². The second kappa shape index (κ2) is 22.1. The maximum absolute atomic E-state index is 9.10. The molecule has 0 amide bonds. The molecule has 0 aromatic rings. The Morgan fingerprint density at radius 2 is 0.429 bits per heavy atom. The van der Waals surface area contributed by atoms with Gasteiger partial charge in [-0.1, -0.05) is 0 Å². The van der Waals surface area contributed by atoms with E-state index in [9.17, 15) is 0 Å². The molecule has 15 heteroatoms. The van der Waals surface area contributed by atoms with Gasteiger partial charge in [0.25, 0.3) is 0 Å². The molecule has 0 aromatic heterocycles. The normalized spacial score (nSPS) is 6.29. The summed E-state index contributed by atoms with van der Waals surface area (Å²) in [5, 5.41) is 44.3. The van der Waals surface area contributed by atoms with Crippen LogP contribution in [0, 0.1) is 93.8 Å². The Balaban J connectivity index is -0.0000000375. The van der Waals surface area contributed by atoms with Crippen LogP contribution < -0.4 is 0 Å². The number of rotatable bonds is 0. The largest absolute Gasteiger partial charge is 0.473 e. The maximum atomic E-state index is 9.10. The number of carbonyl (C=O) groups is 6. The summed E-state index contributed by atoms with van der Waals surface area (Å²) in [6, 6.07) is 0. The summed E-state index contributed by atoms with van der Waals surface area (Å²) in [5.41, 5.74) is 0. The van der Waals surface area contributed by atoms with Gasteiger partial charge in [0, 0.05) is 93.8 Å². The van der Waals surface area contributed by atoms with Crippen LogP contribution in [0.5, 0.6) is 0 Å². The fourth-order valence-corrected chi connectivity index (χ4v) is 0. The minimum Gasteiger partial charge on any atom is -0.473 e. The van der Waals surface area contributed by atoms with Gasteiger partial charge in [0.15, 0.2) is 0 Å². The van der Waals surface area contributed by atoms with Gasteiger partial charge in [-0.05, 0) is 0 Å². The molecule has 0 spiro atoms. The molecule has 0 unspecified atom stereocenters. The van der Waals surface area contributed by atoms with Gasteiger partial charge in [-0.25, -0.2) is 28.8 Å². The summed E-state index contributed by atoms with van der Waals surface area (Å²) >= 11 is 0. The first-order chi connectivity index (χ1) is 7.93. The van der Waals surface area contributed by atoms with Crippen LogP contribution in [0.4, 0.5) is 0 Å². The van der Waals surface area contributed by atoms with E-state index in [-0.39, 0.29) is 99.3 Å². The smallest absolute Gasteiger partial charge is 0.414 e. The number of carboxylic acids is 6. The van der Waals surface area contributed by atoms with Crippen molar-refractivity contribution >= 4 is 35.8 Å². The number of carboxylic acid groups (broad SMARTS) is 6. The van der Waals surface area contributed by atoms with E-state index < -0.39 is 35.8 Å². The van der Waals surface area contributed by atoms with Crippen LogP contribution in [0.3, 0.4) is 0 Å². The summed E-state index contributed by atoms with van der Waals surface area (Å²) in [6.07, 6.45) is 0. The first-order valence-electron chi connectivity index (χ1n) is 3.32. The first-order valence-corrected chi connectivity index (χ1v) is 3.32. The zero-order chi connectivity index (χ0) is 15.5. The summed E-state index contributed by atoms with van der Waals surface area (Å²) in [7, 11) is 0. The van der Waals surface area contributed by atoms with Crippen molar-refractivity contribution in [2.45, 2.75) is 0 Å². The molecule has 8 N–H and O–H groups in total. The Hall–Kier alpha value is -0.181. The van der Waals surface area contributed by atoms with Crippen LogP contribution in [0.15, 0.2) is 0 Å². The second-order valence-electron chi connectivity index (χ2n) is 1.83. The Morgan fingerprint density at radius 1 is 0.381 bits per heavy atom. The van der Waals surface area contributed by atoms with Crippen molar-refractivity contribution in [1.29, 1.82) is 0 Å². The van der Waals surface area contributed by atoms with Crippen molar-refractivity contribution in [3.63, 3.8) is 0 Å². The van der Waals surface area contributed by atoms with E-state index in [1.807, 2.05) is 0 Å². The molecule has 0 aromatic carbocycles. The van der Waals surface area contributed by atoms with Gasteiger partial charge in [0.05, 0.1) is 0 Å². The Labute approximate surface area is 191 Å². The zero-order valence-electron chi connectivity index (χ0n) is 9.17. The third kappa shape index (κ3) is 45.0. The van der Waals surface area contributed by atoms with Crippen molar-refractivity contribution in [2.75, 3.05) is 0 Å². The van der Waals surface area contributed by atoms with Gasteiger partial charge in [-0.3, -0.25) is 0 Å². The predicted molar refractivity (Wildman–Crippen MR) is 49.4 cm³/mol. The molecule has 0 heterocycles. The molecule has 21 heavy (non-hydrogen) atoms. The summed E-state index contributed by atoms with van der Waals surface area (Å²) in [4.78, 5) is 54.6. The van der Waals surface area contributed by atoms with Crippen LogP contribution in [-0.4, -0.2) is 71.9 Å². The molecule has 0 aliphatic heterocycles. The minimum absolute atomic E-state index is 0. The minimum atomic E-state index is -1.82. The molecule has 0 bridgehead atoms. The topological polar surface area (TPSA) is 255 Å². The van der Waals surface area contributed by atoms with Crippen molar-refractivity contribution in [1.82, 2.24) is 0 Å². The van der Waals surface area contributed by atoms with Gasteiger partial charge >= 0.3 is 35.8 Å². The third-order valence-corrected chi connectivity index (χ3v) is 0.549. The van der Waals surface area contributed by atoms with E-state index in [1.54, 1.807) is 0 Å². The van der Waals surface area contributed by atoms with E-state index >= 15 is 0 Å². The monoisotopic (exact) mass is 636 g/mol. The number of aliphatic carboxylic acids is 6. The Morgan fingerprint density at radius 3 is 0.429 bits per heavy atom. The quantitative estimate of drug-likeness (QED) is 0.143. The summed E-state index contributed by atoms with van der Waals surface area (Å²) in [5.74, 6) is -10.9. The van der Waals surface area contributed by atoms with Crippen LogP contribution in [0.1, 0.15) is 0 Å². The average Bonchev–Trinajstić information content (AvgIpc) is 2.18. The second-order valence-corrected chi connectivity index (χ2v) is 1.83. The van der Waals surface area contributed by atoms with Crippen LogP contribution in [0.25, 0.3) is 0 Å². The van der Waals surface area contributed by atoms with Crippen molar-refractivity contribution in [3.05, 3.63) is 0 Å². The molecular formula is C6H8O13Yb2. The maximum Gasteiger partial charge on any atom is 0.414 e. The van der Waals surface area contributed by atoms with E-state index in [1.165, 1.54) is 0 Å². The molecule has 0 saturated carbocycles. The van der Waals surface area contributed by atoms with Crippen molar-refractivity contribution in [3.8, 4) is 0 Å². The summed E-state index contributed by atoms with van der Waals surface area (Å²) < 4.78 is 0.